The predicted octanol–water partition coefficient (Wildman–Crippen LogP) is 4.43. The maximum atomic E-state index is 12.8. The third kappa shape index (κ3) is 5.21. The third-order valence-corrected chi connectivity index (χ3v) is 4.25. The lowest BCUT2D eigenvalue weighted by Crippen LogP contribution is -2.04. The third-order valence-electron chi connectivity index (χ3n) is 2.96. The molecule has 0 N–H and O–H groups in total. The molecule has 0 aliphatic rings. The van der Waals surface area contributed by atoms with E-state index in [2.05, 4.69) is 0 Å². The van der Waals surface area contributed by atoms with E-state index in [1.165, 1.54) is 24.3 Å². The molecular formula is C16H12F4O2S. The van der Waals surface area contributed by atoms with Crippen LogP contribution in [0.4, 0.5) is 17.6 Å². The lowest BCUT2D eigenvalue weighted by molar-refractivity contribution is -0.137. The second-order valence-electron chi connectivity index (χ2n) is 4.86. The molecule has 0 saturated carbocycles. The van der Waals surface area contributed by atoms with Gasteiger partial charge < -0.3 is 0 Å². The zero-order chi connectivity index (χ0) is 17.1. The van der Waals surface area contributed by atoms with Gasteiger partial charge in [-0.25, -0.2) is 12.8 Å². The first-order valence-electron chi connectivity index (χ1n) is 6.48. The molecule has 0 atom stereocenters. The Balaban J connectivity index is 2.17. The van der Waals surface area contributed by atoms with Crippen LogP contribution in [-0.2, 0) is 21.8 Å². The van der Waals surface area contributed by atoms with Crippen molar-refractivity contribution < 1.29 is 26.0 Å². The summed E-state index contributed by atoms with van der Waals surface area (Å²) in [6.45, 7) is 0. The SMILES string of the molecule is O=S(=O)(C=Cc1cccc(C(F)(F)F)c1)Cc1ccc(F)cc1. The van der Waals surface area contributed by atoms with E-state index in [1.54, 1.807) is 0 Å². The molecule has 0 heterocycles. The highest BCUT2D eigenvalue weighted by molar-refractivity contribution is 7.93. The Labute approximate surface area is 131 Å². The van der Waals surface area contributed by atoms with E-state index in [1.807, 2.05) is 0 Å². The number of hydrogen-bond donors (Lipinski definition) is 0. The monoisotopic (exact) mass is 344 g/mol. The summed E-state index contributed by atoms with van der Waals surface area (Å²) in [6, 6.07) is 9.31. The van der Waals surface area contributed by atoms with Gasteiger partial charge in [0, 0.05) is 5.41 Å². The van der Waals surface area contributed by atoms with E-state index in [0.717, 1.165) is 35.7 Å². The maximum Gasteiger partial charge on any atom is 0.416 e. The van der Waals surface area contributed by atoms with Crippen molar-refractivity contribution in [2.24, 2.45) is 0 Å². The van der Waals surface area contributed by atoms with Gasteiger partial charge in [-0.2, -0.15) is 13.2 Å². The topological polar surface area (TPSA) is 34.1 Å². The molecule has 0 bridgehead atoms. The summed E-state index contributed by atoms with van der Waals surface area (Å²) in [5, 5.41) is 0.853. The summed E-state index contributed by atoms with van der Waals surface area (Å²) in [6.07, 6.45) is -3.38. The van der Waals surface area contributed by atoms with Gasteiger partial charge in [0.05, 0.1) is 11.3 Å². The number of rotatable bonds is 4. The fourth-order valence-electron chi connectivity index (χ4n) is 1.86. The largest absolute Gasteiger partial charge is 0.416 e. The molecule has 0 spiro atoms. The van der Waals surface area contributed by atoms with Crippen LogP contribution in [0.5, 0.6) is 0 Å². The van der Waals surface area contributed by atoms with Crippen LogP contribution in [0, 0.1) is 5.82 Å². The standard InChI is InChI=1S/C16H12F4O2S/c17-15-6-4-13(5-7-15)11-23(21,22)9-8-12-2-1-3-14(10-12)16(18,19)20/h1-10H,11H2. The zero-order valence-corrected chi connectivity index (χ0v) is 12.5. The lowest BCUT2D eigenvalue weighted by atomic mass is 10.1. The van der Waals surface area contributed by atoms with Crippen LogP contribution >= 0.6 is 0 Å². The Morgan fingerprint density at radius 1 is 1.00 bits per heavy atom. The second-order valence-corrected chi connectivity index (χ2v) is 6.75. The van der Waals surface area contributed by atoms with Gasteiger partial charge in [-0.1, -0.05) is 24.3 Å². The predicted molar refractivity (Wildman–Crippen MR) is 79.5 cm³/mol. The average Bonchev–Trinajstić information content (AvgIpc) is 2.47. The van der Waals surface area contributed by atoms with Crippen LogP contribution in [0.2, 0.25) is 0 Å². The fraction of sp³-hybridized carbons (Fsp3) is 0.125. The van der Waals surface area contributed by atoms with E-state index in [4.69, 9.17) is 0 Å². The van der Waals surface area contributed by atoms with Crippen LogP contribution in [0.15, 0.2) is 53.9 Å². The first-order valence-corrected chi connectivity index (χ1v) is 8.20. The molecule has 122 valence electrons. The van der Waals surface area contributed by atoms with Gasteiger partial charge in [0.15, 0.2) is 9.84 Å². The summed E-state index contributed by atoms with van der Waals surface area (Å²) in [4.78, 5) is 0. The van der Waals surface area contributed by atoms with Crippen molar-refractivity contribution in [2.75, 3.05) is 0 Å². The van der Waals surface area contributed by atoms with Crippen molar-refractivity contribution in [1.82, 2.24) is 0 Å². The van der Waals surface area contributed by atoms with Crippen molar-refractivity contribution >= 4 is 15.9 Å². The highest BCUT2D eigenvalue weighted by atomic mass is 32.2. The summed E-state index contributed by atoms with van der Waals surface area (Å²) in [5.41, 5.74) is -0.335. The molecule has 0 aromatic heterocycles. The fourth-order valence-corrected chi connectivity index (χ4v) is 2.98. The zero-order valence-electron chi connectivity index (χ0n) is 11.7. The average molecular weight is 344 g/mol. The van der Waals surface area contributed by atoms with Crippen LogP contribution in [0.25, 0.3) is 6.08 Å². The molecule has 0 aliphatic carbocycles. The summed E-state index contributed by atoms with van der Waals surface area (Å²) in [7, 11) is -3.68. The van der Waals surface area contributed by atoms with Gasteiger partial charge in [-0.05, 0) is 41.5 Å². The van der Waals surface area contributed by atoms with Crippen molar-refractivity contribution in [2.45, 2.75) is 11.9 Å². The van der Waals surface area contributed by atoms with Gasteiger partial charge in [0.2, 0.25) is 0 Å². The first kappa shape index (κ1) is 17.2. The second kappa shape index (κ2) is 6.54. The van der Waals surface area contributed by atoms with E-state index >= 15 is 0 Å². The van der Waals surface area contributed by atoms with E-state index < -0.39 is 27.4 Å². The van der Waals surface area contributed by atoms with E-state index in [9.17, 15) is 26.0 Å². The highest BCUT2D eigenvalue weighted by Crippen LogP contribution is 2.29. The van der Waals surface area contributed by atoms with Gasteiger partial charge >= 0.3 is 6.18 Å². The van der Waals surface area contributed by atoms with Crippen molar-refractivity contribution in [1.29, 1.82) is 0 Å². The number of benzene rings is 2. The van der Waals surface area contributed by atoms with Crippen molar-refractivity contribution in [3.05, 3.63) is 76.4 Å². The molecule has 0 radical (unpaired) electrons. The molecule has 0 fully saturated rings. The Kier molecular flexibility index (Phi) is 4.89. The minimum Gasteiger partial charge on any atom is -0.224 e. The van der Waals surface area contributed by atoms with Gasteiger partial charge in [0.25, 0.3) is 0 Å². The molecule has 23 heavy (non-hydrogen) atoms. The Hall–Kier alpha value is -2.15. The van der Waals surface area contributed by atoms with Crippen molar-refractivity contribution in [3.8, 4) is 0 Å². The van der Waals surface area contributed by atoms with Crippen LogP contribution in [0.1, 0.15) is 16.7 Å². The van der Waals surface area contributed by atoms with E-state index in [-0.39, 0.29) is 11.3 Å². The van der Waals surface area contributed by atoms with Crippen LogP contribution < -0.4 is 0 Å². The van der Waals surface area contributed by atoms with Gasteiger partial charge in [0.1, 0.15) is 5.82 Å². The molecule has 2 aromatic rings. The smallest absolute Gasteiger partial charge is 0.224 e. The van der Waals surface area contributed by atoms with Crippen LogP contribution in [0.3, 0.4) is 0 Å². The number of alkyl halides is 3. The summed E-state index contributed by atoms with van der Waals surface area (Å²) < 4.78 is 74.4. The molecule has 0 aliphatic heterocycles. The van der Waals surface area contributed by atoms with Gasteiger partial charge in [-0.3, -0.25) is 0 Å². The molecule has 2 rings (SSSR count). The minimum atomic E-state index is -4.49. The first-order chi connectivity index (χ1) is 10.7. The van der Waals surface area contributed by atoms with Crippen molar-refractivity contribution in [3.63, 3.8) is 0 Å². The maximum absolute atomic E-state index is 12.8. The van der Waals surface area contributed by atoms with Crippen LogP contribution in [-0.4, -0.2) is 8.42 Å². The number of sulfone groups is 1. The summed E-state index contributed by atoms with van der Waals surface area (Å²) in [5.74, 6) is -0.839. The summed E-state index contributed by atoms with van der Waals surface area (Å²) >= 11 is 0. The molecule has 2 nitrogen and oxygen atoms in total. The molecule has 0 amide bonds. The lowest BCUT2D eigenvalue weighted by Gasteiger charge is -2.06. The minimum absolute atomic E-state index is 0.127. The molecule has 2 aromatic carbocycles. The quantitative estimate of drug-likeness (QED) is 0.769. The Morgan fingerprint density at radius 3 is 2.26 bits per heavy atom. The molecular weight excluding hydrogens is 332 g/mol. The number of hydrogen-bond acceptors (Lipinski definition) is 2. The molecule has 7 heteroatoms. The highest BCUT2D eigenvalue weighted by Gasteiger charge is 2.30. The molecule has 0 unspecified atom stereocenters. The Morgan fingerprint density at radius 2 is 1.65 bits per heavy atom. The van der Waals surface area contributed by atoms with E-state index in [0.29, 0.717) is 5.56 Å². The van der Waals surface area contributed by atoms with Gasteiger partial charge in [-0.15, -0.1) is 0 Å². The normalized spacial score (nSPS) is 12.7. The Bertz CT molecular complexity index is 807. The number of halogens is 4. The molecule has 0 saturated heterocycles.